The largest absolute Gasteiger partial charge is 0.491 e. The SMILES string of the molecule is CCOC(=O)CC(=O)NNC(=O)c1csc(C2CCN(C(=O)c3ccc(OC(C)C)cc3)CC2)n1. The van der Waals surface area contributed by atoms with Gasteiger partial charge in [0.05, 0.1) is 17.7 Å². The zero-order chi connectivity index (χ0) is 25.4. The van der Waals surface area contributed by atoms with Crippen molar-refractivity contribution in [3.63, 3.8) is 0 Å². The highest BCUT2D eigenvalue weighted by atomic mass is 32.1. The molecule has 1 saturated heterocycles. The molecule has 0 unspecified atom stereocenters. The van der Waals surface area contributed by atoms with Gasteiger partial charge in [-0.3, -0.25) is 30.0 Å². The number of piperidine rings is 1. The molecule has 35 heavy (non-hydrogen) atoms. The van der Waals surface area contributed by atoms with Crippen LogP contribution in [-0.4, -0.2) is 59.4 Å². The van der Waals surface area contributed by atoms with Crippen LogP contribution in [0, 0.1) is 0 Å². The Kier molecular flexibility index (Phi) is 9.18. The van der Waals surface area contributed by atoms with Gasteiger partial charge in [0.1, 0.15) is 17.9 Å². The Hall–Kier alpha value is -3.47. The van der Waals surface area contributed by atoms with E-state index >= 15 is 0 Å². The maximum Gasteiger partial charge on any atom is 0.315 e. The number of nitrogens with one attached hydrogen (secondary N) is 2. The number of hydrogen-bond donors (Lipinski definition) is 2. The standard InChI is InChI=1S/C24H30N4O6S/c1-4-33-21(30)13-20(29)26-27-22(31)19-14-35-23(25-19)16-9-11-28(12-10-16)24(32)17-5-7-18(8-6-17)34-15(2)3/h5-8,14-16H,4,9-13H2,1-3H3,(H,26,29)(H,27,31). The Morgan fingerprint density at radius 3 is 2.43 bits per heavy atom. The third kappa shape index (κ3) is 7.51. The predicted octanol–water partition coefficient (Wildman–Crippen LogP) is 2.66. The van der Waals surface area contributed by atoms with Gasteiger partial charge in [0.15, 0.2) is 0 Å². The summed E-state index contributed by atoms with van der Waals surface area (Å²) in [4.78, 5) is 54.4. The number of carbonyl (C=O) groups excluding carboxylic acids is 4. The molecule has 1 aliphatic rings. The second-order valence-electron chi connectivity index (χ2n) is 8.31. The first-order chi connectivity index (χ1) is 16.8. The molecule has 2 N–H and O–H groups in total. The number of nitrogens with zero attached hydrogens (tertiary/aromatic N) is 2. The lowest BCUT2D eigenvalue weighted by Gasteiger charge is -2.31. The molecule has 1 aromatic heterocycles. The fourth-order valence-electron chi connectivity index (χ4n) is 3.62. The van der Waals surface area contributed by atoms with Crippen molar-refractivity contribution < 1.29 is 28.7 Å². The molecule has 0 spiro atoms. The van der Waals surface area contributed by atoms with Crippen molar-refractivity contribution in [2.24, 2.45) is 0 Å². The predicted molar refractivity (Wildman–Crippen MR) is 129 cm³/mol. The molecular weight excluding hydrogens is 472 g/mol. The summed E-state index contributed by atoms with van der Waals surface area (Å²) >= 11 is 1.37. The van der Waals surface area contributed by atoms with Crippen LogP contribution in [-0.2, 0) is 14.3 Å². The molecule has 1 aliphatic heterocycles. The van der Waals surface area contributed by atoms with E-state index in [0.717, 1.165) is 23.6 Å². The Bertz CT molecular complexity index is 1040. The average molecular weight is 503 g/mol. The fraction of sp³-hybridized carbons (Fsp3) is 0.458. The number of thiazole rings is 1. The molecule has 0 saturated carbocycles. The third-order valence-corrected chi connectivity index (χ3v) is 6.29. The quantitative estimate of drug-likeness (QED) is 0.323. The molecule has 0 atom stereocenters. The van der Waals surface area contributed by atoms with Crippen LogP contribution in [0.15, 0.2) is 29.6 Å². The lowest BCUT2D eigenvalue weighted by molar-refractivity contribution is -0.146. The Labute approximate surface area is 208 Å². The van der Waals surface area contributed by atoms with Crippen LogP contribution in [0.3, 0.4) is 0 Å². The van der Waals surface area contributed by atoms with Gasteiger partial charge >= 0.3 is 5.97 Å². The van der Waals surface area contributed by atoms with E-state index in [1.807, 2.05) is 18.7 Å². The van der Waals surface area contributed by atoms with Crippen LogP contribution in [0.5, 0.6) is 5.75 Å². The minimum absolute atomic E-state index is 0.0164. The van der Waals surface area contributed by atoms with Crippen LogP contribution in [0.4, 0.5) is 0 Å². The Balaban J connectivity index is 1.47. The van der Waals surface area contributed by atoms with Gasteiger partial charge in [-0.1, -0.05) is 0 Å². The third-order valence-electron chi connectivity index (χ3n) is 5.28. The van der Waals surface area contributed by atoms with Crippen LogP contribution < -0.4 is 15.6 Å². The van der Waals surface area contributed by atoms with Crippen LogP contribution in [0.25, 0.3) is 0 Å². The molecular formula is C24H30N4O6S. The summed E-state index contributed by atoms with van der Waals surface area (Å²) < 4.78 is 10.3. The fourth-order valence-corrected chi connectivity index (χ4v) is 4.59. The van der Waals surface area contributed by atoms with Crippen molar-refractivity contribution in [2.45, 2.75) is 52.1 Å². The Morgan fingerprint density at radius 2 is 1.80 bits per heavy atom. The first-order valence-electron chi connectivity index (χ1n) is 11.5. The maximum atomic E-state index is 12.9. The normalized spacial score (nSPS) is 13.9. The molecule has 2 heterocycles. The molecule has 3 rings (SSSR count). The summed E-state index contributed by atoms with van der Waals surface area (Å²) in [6.07, 6.45) is 1.07. The van der Waals surface area contributed by atoms with Gasteiger partial charge in [-0.2, -0.15) is 0 Å². The monoisotopic (exact) mass is 502 g/mol. The van der Waals surface area contributed by atoms with E-state index in [9.17, 15) is 19.2 Å². The summed E-state index contributed by atoms with van der Waals surface area (Å²) in [6.45, 7) is 6.91. The number of benzene rings is 1. The van der Waals surface area contributed by atoms with Crippen molar-refractivity contribution in [1.29, 1.82) is 0 Å². The van der Waals surface area contributed by atoms with Crippen LogP contribution in [0.2, 0.25) is 0 Å². The van der Waals surface area contributed by atoms with Gasteiger partial charge in [0.25, 0.3) is 11.8 Å². The van der Waals surface area contributed by atoms with Gasteiger partial charge in [-0.05, 0) is 57.9 Å². The van der Waals surface area contributed by atoms with E-state index in [0.29, 0.717) is 18.7 Å². The van der Waals surface area contributed by atoms with E-state index in [1.165, 1.54) is 11.3 Å². The molecule has 0 aliphatic carbocycles. The molecule has 0 bridgehead atoms. The molecule has 0 radical (unpaired) electrons. The van der Waals surface area contributed by atoms with Crippen LogP contribution in [0.1, 0.15) is 71.8 Å². The number of ether oxygens (including phenoxy) is 2. The van der Waals surface area contributed by atoms with E-state index in [1.54, 1.807) is 36.6 Å². The molecule has 2 aromatic rings. The summed E-state index contributed by atoms with van der Waals surface area (Å²) in [6, 6.07) is 7.18. The highest BCUT2D eigenvalue weighted by molar-refractivity contribution is 7.09. The summed E-state index contributed by atoms with van der Waals surface area (Å²) in [5.41, 5.74) is 5.24. The number of hydrazine groups is 1. The molecule has 11 heteroatoms. The molecule has 1 fully saturated rings. The summed E-state index contributed by atoms with van der Waals surface area (Å²) in [5.74, 6) is -1.05. The molecule has 3 amide bonds. The number of likely N-dealkylation sites (tertiary alicyclic amines) is 1. The zero-order valence-electron chi connectivity index (χ0n) is 20.0. The van der Waals surface area contributed by atoms with Crippen molar-refractivity contribution in [3.8, 4) is 5.75 Å². The number of hydrogen-bond acceptors (Lipinski definition) is 8. The van der Waals surface area contributed by atoms with E-state index < -0.39 is 24.2 Å². The first-order valence-corrected chi connectivity index (χ1v) is 12.4. The second kappa shape index (κ2) is 12.3. The minimum Gasteiger partial charge on any atom is -0.491 e. The average Bonchev–Trinajstić information content (AvgIpc) is 3.33. The Morgan fingerprint density at radius 1 is 1.11 bits per heavy atom. The topological polar surface area (TPSA) is 127 Å². The van der Waals surface area contributed by atoms with E-state index in [4.69, 9.17) is 4.74 Å². The highest BCUT2D eigenvalue weighted by Crippen LogP contribution is 2.31. The van der Waals surface area contributed by atoms with Crippen LogP contribution >= 0.6 is 11.3 Å². The van der Waals surface area contributed by atoms with E-state index in [2.05, 4.69) is 20.6 Å². The molecule has 10 nitrogen and oxygen atoms in total. The second-order valence-corrected chi connectivity index (χ2v) is 9.20. The molecule has 1 aromatic carbocycles. The lowest BCUT2D eigenvalue weighted by atomic mass is 9.97. The van der Waals surface area contributed by atoms with Gasteiger partial charge in [-0.15, -0.1) is 11.3 Å². The van der Waals surface area contributed by atoms with Crippen molar-refractivity contribution in [3.05, 3.63) is 45.9 Å². The van der Waals surface area contributed by atoms with Gasteiger partial charge < -0.3 is 14.4 Å². The molecule has 188 valence electrons. The minimum atomic E-state index is -0.675. The highest BCUT2D eigenvalue weighted by Gasteiger charge is 2.27. The number of aromatic nitrogens is 1. The first kappa shape index (κ1) is 26.1. The van der Waals surface area contributed by atoms with Crippen molar-refractivity contribution in [2.75, 3.05) is 19.7 Å². The maximum absolute atomic E-state index is 12.9. The lowest BCUT2D eigenvalue weighted by Crippen LogP contribution is -2.42. The van der Waals surface area contributed by atoms with E-state index in [-0.39, 0.29) is 30.2 Å². The number of esters is 1. The van der Waals surface area contributed by atoms with Gasteiger partial charge in [0.2, 0.25) is 5.91 Å². The van der Waals surface area contributed by atoms with Crippen molar-refractivity contribution in [1.82, 2.24) is 20.7 Å². The zero-order valence-corrected chi connectivity index (χ0v) is 20.9. The van der Waals surface area contributed by atoms with Gasteiger partial charge in [-0.25, -0.2) is 4.98 Å². The summed E-state index contributed by atoms with van der Waals surface area (Å²) in [7, 11) is 0. The van der Waals surface area contributed by atoms with Gasteiger partial charge in [0, 0.05) is 30.0 Å². The summed E-state index contributed by atoms with van der Waals surface area (Å²) in [5, 5.41) is 2.44. The number of carbonyl (C=O) groups is 4. The number of amides is 3. The van der Waals surface area contributed by atoms with Crippen molar-refractivity contribution >= 4 is 35.0 Å². The number of rotatable bonds is 8. The smallest absolute Gasteiger partial charge is 0.315 e.